The Morgan fingerprint density at radius 3 is 2.77 bits per heavy atom. The van der Waals surface area contributed by atoms with E-state index in [1.807, 2.05) is 43.3 Å². The molecule has 134 valence electrons. The number of aromatic nitrogens is 2. The van der Waals surface area contributed by atoms with E-state index in [2.05, 4.69) is 10.1 Å². The van der Waals surface area contributed by atoms with Crippen molar-refractivity contribution < 1.29 is 9.47 Å². The Bertz CT molecular complexity index is 1010. The Labute approximate surface area is 151 Å². The molecule has 26 heavy (non-hydrogen) atoms. The van der Waals surface area contributed by atoms with Crippen molar-refractivity contribution in [1.29, 1.82) is 0 Å². The fourth-order valence-corrected chi connectivity index (χ4v) is 2.59. The van der Waals surface area contributed by atoms with Crippen LogP contribution in [0, 0.1) is 6.92 Å². The van der Waals surface area contributed by atoms with Gasteiger partial charge in [0, 0.05) is 0 Å². The number of ether oxygens (including phenoxy) is 2. The van der Waals surface area contributed by atoms with Crippen LogP contribution in [-0.4, -0.2) is 29.6 Å². The summed E-state index contributed by atoms with van der Waals surface area (Å²) in [6.45, 7) is 4.43. The highest BCUT2D eigenvalue weighted by Crippen LogP contribution is 2.27. The minimum absolute atomic E-state index is 0.195. The molecule has 0 N–H and O–H groups in total. The predicted molar refractivity (Wildman–Crippen MR) is 103 cm³/mol. The molecule has 3 aromatic rings. The van der Waals surface area contributed by atoms with Gasteiger partial charge in [-0.25, -0.2) is 4.98 Å². The first-order valence-corrected chi connectivity index (χ1v) is 8.47. The SMILES string of the molecule is CCCOc1ccc(C=Nn2c(C)nc3ccccc3c2=O)cc1OC. The third kappa shape index (κ3) is 3.59. The standard InChI is InChI=1S/C20H21N3O3/c1-4-11-26-18-10-9-15(12-19(18)25-3)13-21-23-14(2)22-17-8-6-5-7-16(17)20(23)24/h5-10,12-13H,4,11H2,1-3H3. The first kappa shape index (κ1) is 17.7. The topological polar surface area (TPSA) is 65.7 Å². The first-order valence-electron chi connectivity index (χ1n) is 8.47. The molecule has 0 bridgehead atoms. The maximum absolute atomic E-state index is 12.6. The first-order chi connectivity index (χ1) is 12.6. The maximum Gasteiger partial charge on any atom is 0.282 e. The van der Waals surface area contributed by atoms with Crippen LogP contribution in [0.2, 0.25) is 0 Å². The minimum atomic E-state index is -0.195. The van der Waals surface area contributed by atoms with Gasteiger partial charge < -0.3 is 9.47 Å². The van der Waals surface area contributed by atoms with Crippen molar-refractivity contribution in [1.82, 2.24) is 9.66 Å². The van der Waals surface area contributed by atoms with Gasteiger partial charge in [0.2, 0.25) is 0 Å². The number of hydrogen-bond donors (Lipinski definition) is 0. The molecule has 2 aromatic carbocycles. The molecule has 1 aromatic heterocycles. The van der Waals surface area contributed by atoms with Gasteiger partial charge in [0.25, 0.3) is 5.56 Å². The Kier molecular flexibility index (Phi) is 5.31. The number of nitrogens with zero attached hydrogens (tertiary/aromatic N) is 3. The van der Waals surface area contributed by atoms with Crippen molar-refractivity contribution in [3.05, 3.63) is 64.2 Å². The molecule has 0 radical (unpaired) electrons. The number of para-hydroxylation sites is 1. The quantitative estimate of drug-likeness (QED) is 0.639. The fraction of sp³-hybridized carbons (Fsp3) is 0.250. The molecule has 6 heteroatoms. The largest absolute Gasteiger partial charge is 0.493 e. The number of hydrogen-bond acceptors (Lipinski definition) is 5. The van der Waals surface area contributed by atoms with E-state index in [0.29, 0.717) is 34.8 Å². The Morgan fingerprint density at radius 2 is 2.00 bits per heavy atom. The zero-order chi connectivity index (χ0) is 18.5. The highest BCUT2D eigenvalue weighted by atomic mass is 16.5. The summed E-state index contributed by atoms with van der Waals surface area (Å²) in [6.07, 6.45) is 2.53. The van der Waals surface area contributed by atoms with E-state index in [1.54, 1.807) is 26.3 Å². The van der Waals surface area contributed by atoms with Gasteiger partial charge >= 0.3 is 0 Å². The monoisotopic (exact) mass is 351 g/mol. The van der Waals surface area contributed by atoms with Gasteiger partial charge in [0.15, 0.2) is 11.5 Å². The third-order valence-corrected chi connectivity index (χ3v) is 3.89. The normalized spacial score (nSPS) is 11.2. The van der Waals surface area contributed by atoms with E-state index in [0.717, 1.165) is 12.0 Å². The molecule has 0 unspecified atom stereocenters. The van der Waals surface area contributed by atoms with Crippen LogP contribution in [0.4, 0.5) is 0 Å². The lowest BCUT2D eigenvalue weighted by Crippen LogP contribution is -2.20. The summed E-state index contributed by atoms with van der Waals surface area (Å²) in [5, 5.41) is 4.85. The molecule has 0 spiro atoms. The van der Waals surface area contributed by atoms with Crippen molar-refractivity contribution >= 4 is 17.1 Å². The summed E-state index contributed by atoms with van der Waals surface area (Å²) >= 11 is 0. The van der Waals surface area contributed by atoms with E-state index in [4.69, 9.17) is 9.47 Å². The highest BCUT2D eigenvalue weighted by molar-refractivity contribution is 5.81. The van der Waals surface area contributed by atoms with Gasteiger partial charge in [0.1, 0.15) is 5.82 Å². The molecule has 0 atom stereocenters. The van der Waals surface area contributed by atoms with Crippen LogP contribution in [0.5, 0.6) is 11.5 Å². The Hall–Kier alpha value is -3.15. The summed E-state index contributed by atoms with van der Waals surface area (Å²) in [7, 11) is 1.59. The molecule has 1 heterocycles. The van der Waals surface area contributed by atoms with Gasteiger partial charge in [-0.3, -0.25) is 4.79 Å². The minimum Gasteiger partial charge on any atom is -0.493 e. The molecule has 0 saturated heterocycles. The van der Waals surface area contributed by atoms with Gasteiger partial charge in [-0.1, -0.05) is 19.1 Å². The molecule has 0 saturated carbocycles. The van der Waals surface area contributed by atoms with Crippen LogP contribution < -0.4 is 15.0 Å². The van der Waals surface area contributed by atoms with Crippen LogP contribution in [-0.2, 0) is 0 Å². The van der Waals surface area contributed by atoms with E-state index >= 15 is 0 Å². The molecular formula is C20H21N3O3. The molecule has 3 rings (SSSR count). The zero-order valence-electron chi connectivity index (χ0n) is 15.1. The van der Waals surface area contributed by atoms with Crippen LogP contribution in [0.15, 0.2) is 52.4 Å². The molecule has 0 aliphatic carbocycles. The fourth-order valence-electron chi connectivity index (χ4n) is 2.59. The lowest BCUT2D eigenvalue weighted by atomic mass is 10.2. The second-order valence-corrected chi connectivity index (χ2v) is 5.80. The van der Waals surface area contributed by atoms with E-state index in [9.17, 15) is 4.79 Å². The van der Waals surface area contributed by atoms with Gasteiger partial charge in [0.05, 0.1) is 30.8 Å². The van der Waals surface area contributed by atoms with Crippen LogP contribution in [0.3, 0.4) is 0 Å². The average Bonchev–Trinajstić information content (AvgIpc) is 2.66. The molecule has 6 nitrogen and oxygen atoms in total. The van der Waals surface area contributed by atoms with Gasteiger partial charge in [-0.05, 0) is 49.2 Å². The molecule has 0 aliphatic heterocycles. The summed E-state index contributed by atoms with van der Waals surface area (Å²) in [6, 6.07) is 12.8. The second-order valence-electron chi connectivity index (χ2n) is 5.80. The van der Waals surface area contributed by atoms with Crippen molar-refractivity contribution in [2.45, 2.75) is 20.3 Å². The molecule has 0 aliphatic rings. The van der Waals surface area contributed by atoms with E-state index < -0.39 is 0 Å². The summed E-state index contributed by atoms with van der Waals surface area (Å²) in [5.74, 6) is 1.84. The Morgan fingerprint density at radius 1 is 1.19 bits per heavy atom. The van der Waals surface area contributed by atoms with Gasteiger partial charge in [-0.15, -0.1) is 0 Å². The summed E-state index contributed by atoms with van der Waals surface area (Å²) in [5.41, 5.74) is 1.27. The third-order valence-electron chi connectivity index (χ3n) is 3.89. The number of aryl methyl sites for hydroxylation is 1. The van der Waals surface area contributed by atoms with E-state index in [-0.39, 0.29) is 5.56 Å². The van der Waals surface area contributed by atoms with Crippen LogP contribution in [0.1, 0.15) is 24.7 Å². The smallest absolute Gasteiger partial charge is 0.282 e. The van der Waals surface area contributed by atoms with Gasteiger partial charge in [-0.2, -0.15) is 9.78 Å². The van der Waals surface area contributed by atoms with Crippen molar-refractivity contribution in [3.63, 3.8) is 0 Å². The second kappa shape index (κ2) is 7.82. The van der Waals surface area contributed by atoms with Crippen molar-refractivity contribution in [2.75, 3.05) is 13.7 Å². The molecule has 0 amide bonds. The lowest BCUT2D eigenvalue weighted by molar-refractivity contribution is 0.294. The van der Waals surface area contributed by atoms with Crippen molar-refractivity contribution in [3.8, 4) is 11.5 Å². The number of rotatable bonds is 6. The predicted octanol–water partition coefficient (Wildman–Crippen LogP) is 3.38. The Balaban J connectivity index is 1.95. The lowest BCUT2D eigenvalue weighted by Gasteiger charge is -2.10. The number of methoxy groups -OCH3 is 1. The van der Waals surface area contributed by atoms with E-state index in [1.165, 1.54) is 4.68 Å². The maximum atomic E-state index is 12.6. The summed E-state index contributed by atoms with van der Waals surface area (Å²) < 4.78 is 12.3. The zero-order valence-corrected chi connectivity index (χ0v) is 15.1. The van der Waals surface area contributed by atoms with Crippen LogP contribution >= 0.6 is 0 Å². The highest BCUT2D eigenvalue weighted by Gasteiger charge is 2.07. The molecule has 0 fully saturated rings. The van der Waals surface area contributed by atoms with Crippen molar-refractivity contribution in [2.24, 2.45) is 5.10 Å². The number of benzene rings is 2. The molecular weight excluding hydrogens is 330 g/mol. The average molecular weight is 351 g/mol. The van der Waals surface area contributed by atoms with Crippen LogP contribution in [0.25, 0.3) is 10.9 Å². The summed E-state index contributed by atoms with van der Waals surface area (Å²) in [4.78, 5) is 17.1. The number of fused-ring (bicyclic) bond motifs is 1.